The summed E-state index contributed by atoms with van der Waals surface area (Å²) in [5, 5.41) is 7.71. The predicted octanol–water partition coefficient (Wildman–Crippen LogP) is 3.25. The molecule has 0 bridgehead atoms. The van der Waals surface area contributed by atoms with Gasteiger partial charge in [0.15, 0.2) is 0 Å². The Labute approximate surface area is 186 Å². The molecule has 0 aliphatic rings. The van der Waals surface area contributed by atoms with Crippen molar-refractivity contribution >= 4 is 49.3 Å². The number of carbonyl (C=O) groups excluding carboxylic acids is 2. The van der Waals surface area contributed by atoms with E-state index in [4.69, 9.17) is 4.52 Å². The van der Waals surface area contributed by atoms with E-state index in [2.05, 4.69) is 42.3 Å². The van der Waals surface area contributed by atoms with E-state index in [9.17, 15) is 9.59 Å². The van der Waals surface area contributed by atoms with Crippen LogP contribution < -0.4 is 10.6 Å². The van der Waals surface area contributed by atoms with Crippen molar-refractivity contribution in [1.82, 2.24) is 15.4 Å². The van der Waals surface area contributed by atoms with Crippen LogP contribution in [-0.4, -0.2) is 47.9 Å². The topological polar surface area (TPSA) is 75.4 Å². The molecule has 1 N–H and O–H groups in total. The van der Waals surface area contributed by atoms with Crippen molar-refractivity contribution in [2.45, 2.75) is 39.3 Å². The van der Waals surface area contributed by atoms with Crippen LogP contribution >= 0.6 is 31.8 Å². The van der Waals surface area contributed by atoms with Crippen molar-refractivity contribution in [2.24, 2.45) is 5.92 Å². The number of likely N-dealkylation sites (N-methyl/N-ethyl adjacent to an activating group) is 1. The number of nitrogens with one attached hydrogen (secondary N) is 1. The molecular formula is C20H26FIN3O3P. The molecule has 29 heavy (non-hydrogen) atoms. The number of aldehydes is 1. The van der Waals surface area contributed by atoms with E-state index in [1.165, 1.54) is 4.90 Å². The van der Waals surface area contributed by atoms with Gasteiger partial charge in [0.1, 0.15) is 6.29 Å². The Hall–Kier alpha value is -1.38. The van der Waals surface area contributed by atoms with E-state index in [1.807, 2.05) is 26.8 Å². The summed E-state index contributed by atoms with van der Waals surface area (Å²) in [6.45, 7) is 6.06. The molecule has 9 heteroatoms. The lowest BCUT2D eigenvalue weighted by Crippen LogP contribution is -2.48. The lowest BCUT2D eigenvalue weighted by molar-refractivity contribution is -0.112. The zero-order valence-corrected chi connectivity index (χ0v) is 20.2. The third-order valence-electron chi connectivity index (χ3n) is 4.57. The van der Waals surface area contributed by atoms with Crippen molar-refractivity contribution in [3.05, 3.63) is 33.3 Å². The van der Waals surface area contributed by atoms with E-state index in [-0.39, 0.29) is 24.3 Å². The van der Waals surface area contributed by atoms with Gasteiger partial charge >= 0.3 is 0 Å². The molecular weight excluding hydrogens is 507 g/mol. The molecule has 6 nitrogen and oxygen atoms in total. The van der Waals surface area contributed by atoms with Gasteiger partial charge in [-0.25, -0.2) is 0 Å². The van der Waals surface area contributed by atoms with Crippen molar-refractivity contribution in [3.8, 4) is 11.3 Å². The maximum atomic E-state index is 15.1. The molecule has 1 amide bonds. The van der Waals surface area contributed by atoms with Crippen LogP contribution in [0.3, 0.4) is 0 Å². The summed E-state index contributed by atoms with van der Waals surface area (Å²) in [7, 11) is 4.33. The third-order valence-corrected chi connectivity index (χ3v) is 5.82. The van der Waals surface area contributed by atoms with Gasteiger partial charge in [0.2, 0.25) is 17.3 Å². The minimum atomic E-state index is -0.819. The number of benzene rings is 1. The molecule has 3 atom stereocenters. The number of hydrogen-bond acceptors (Lipinski definition) is 5. The van der Waals surface area contributed by atoms with Crippen LogP contribution in [-0.2, 0) is 4.79 Å². The van der Waals surface area contributed by atoms with E-state index >= 15 is 4.39 Å². The second-order valence-electron chi connectivity index (χ2n) is 7.39. The predicted molar refractivity (Wildman–Crippen MR) is 123 cm³/mol. The normalized spacial score (nSPS) is 13.4. The zero-order chi connectivity index (χ0) is 21.7. The molecule has 0 spiro atoms. The summed E-state index contributed by atoms with van der Waals surface area (Å²) < 4.78 is 21.1. The molecule has 0 saturated heterocycles. The van der Waals surface area contributed by atoms with E-state index in [1.54, 1.807) is 19.2 Å². The zero-order valence-electron chi connectivity index (χ0n) is 16.9. The molecule has 2 rings (SSSR count). The molecule has 0 aliphatic heterocycles. The lowest BCUT2D eigenvalue weighted by atomic mass is 10.0. The summed E-state index contributed by atoms with van der Waals surface area (Å²) in [5.74, 6) is -1.37. The average Bonchev–Trinajstić information content (AvgIpc) is 3.04. The van der Waals surface area contributed by atoms with Crippen LogP contribution in [0.1, 0.15) is 37.7 Å². The van der Waals surface area contributed by atoms with Gasteiger partial charge in [-0.2, -0.15) is 4.39 Å². The van der Waals surface area contributed by atoms with Crippen molar-refractivity contribution < 1.29 is 18.5 Å². The van der Waals surface area contributed by atoms with Gasteiger partial charge in [-0.1, -0.05) is 25.1 Å². The van der Waals surface area contributed by atoms with Crippen LogP contribution in [0.25, 0.3) is 11.3 Å². The second-order valence-corrected chi connectivity index (χ2v) is 9.22. The number of rotatable bonds is 9. The highest BCUT2D eigenvalue weighted by Crippen LogP contribution is 2.30. The van der Waals surface area contributed by atoms with Gasteiger partial charge in [0, 0.05) is 21.7 Å². The van der Waals surface area contributed by atoms with Crippen LogP contribution in [0.15, 0.2) is 22.7 Å². The van der Waals surface area contributed by atoms with E-state index in [0.717, 1.165) is 15.2 Å². The SMILES string of the molecule is CNC(C)CN(C(=O)c1noc(-c2ccc(P)cc2I)c1F)C(C=O)CC(C)C. The number of carbonyl (C=O) groups is 2. The quantitative estimate of drug-likeness (QED) is 0.305. The summed E-state index contributed by atoms with van der Waals surface area (Å²) in [6, 6.07) is 4.62. The Morgan fingerprint density at radius 3 is 2.66 bits per heavy atom. The Balaban J connectivity index is 2.43. The third kappa shape index (κ3) is 5.83. The highest BCUT2D eigenvalue weighted by molar-refractivity contribution is 14.1. The first kappa shape index (κ1) is 23.9. The Bertz CT molecular complexity index is 875. The van der Waals surface area contributed by atoms with Gasteiger partial charge in [0.05, 0.1) is 6.04 Å². The molecule has 1 aromatic carbocycles. The first-order valence-electron chi connectivity index (χ1n) is 9.33. The van der Waals surface area contributed by atoms with Crippen LogP contribution in [0.5, 0.6) is 0 Å². The van der Waals surface area contributed by atoms with Crippen LogP contribution in [0.4, 0.5) is 4.39 Å². The molecule has 1 aromatic heterocycles. The molecule has 1 heterocycles. The van der Waals surface area contributed by atoms with Crippen molar-refractivity contribution in [1.29, 1.82) is 0 Å². The largest absolute Gasteiger partial charge is 0.352 e. The van der Waals surface area contributed by atoms with Gasteiger partial charge in [0.25, 0.3) is 5.91 Å². The second kappa shape index (κ2) is 10.6. The Kier molecular flexibility index (Phi) is 8.73. The number of nitrogens with zero attached hydrogens (tertiary/aromatic N) is 2. The minimum Gasteiger partial charge on any atom is -0.352 e. The fourth-order valence-corrected chi connectivity index (χ4v) is 4.31. The molecule has 2 aromatic rings. The standard InChI is InChI=1S/C20H26FIN3O3P/c1-11(2)7-13(10-26)25(9-12(3)23-4)20(27)18-17(21)19(28-24-18)15-6-5-14(29)8-16(15)22/h5-6,8,10-13,23H,7,9,29H2,1-4H3. The maximum Gasteiger partial charge on any atom is 0.279 e. The maximum absolute atomic E-state index is 15.1. The summed E-state index contributed by atoms with van der Waals surface area (Å²) in [6.07, 6.45) is 1.21. The number of aromatic nitrogens is 1. The minimum absolute atomic E-state index is 0.0847. The number of hydrogen-bond donors (Lipinski definition) is 1. The van der Waals surface area contributed by atoms with Gasteiger partial charge < -0.3 is 19.5 Å². The molecule has 0 aliphatic carbocycles. The molecule has 0 fully saturated rings. The van der Waals surface area contributed by atoms with Crippen molar-refractivity contribution in [2.75, 3.05) is 13.6 Å². The summed E-state index contributed by atoms with van der Waals surface area (Å²) >= 11 is 2.08. The number of amides is 1. The molecule has 0 radical (unpaired) electrons. The van der Waals surface area contributed by atoms with E-state index < -0.39 is 23.5 Å². The Morgan fingerprint density at radius 1 is 1.41 bits per heavy atom. The lowest BCUT2D eigenvalue weighted by Gasteiger charge is -2.31. The van der Waals surface area contributed by atoms with Gasteiger partial charge in [-0.3, -0.25) is 4.79 Å². The summed E-state index contributed by atoms with van der Waals surface area (Å²) in [5.41, 5.74) is 0.106. The first-order valence-corrected chi connectivity index (χ1v) is 11.0. The van der Waals surface area contributed by atoms with Gasteiger partial charge in [-0.15, -0.1) is 9.24 Å². The van der Waals surface area contributed by atoms with Crippen molar-refractivity contribution in [3.63, 3.8) is 0 Å². The monoisotopic (exact) mass is 533 g/mol. The Morgan fingerprint density at radius 2 is 2.10 bits per heavy atom. The first-order chi connectivity index (χ1) is 13.7. The smallest absolute Gasteiger partial charge is 0.279 e. The van der Waals surface area contributed by atoms with Crippen LogP contribution in [0.2, 0.25) is 0 Å². The van der Waals surface area contributed by atoms with Gasteiger partial charge in [-0.05, 0) is 66.3 Å². The fraction of sp³-hybridized carbons (Fsp3) is 0.450. The highest BCUT2D eigenvalue weighted by atomic mass is 127. The molecule has 0 saturated carbocycles. The van der Waals surface area contributed by atoms with Crippen LogP contribution in [0, 0.1) is 15.3 Å². The molecule has 3 unspecified atom stereocenters. The average molecular weight is 533 g/mol. The highest BCUT2D eigenvalue weighted by Gasteiger charge is 2.32. The summed E-state index contributed by atoms with van der Waals surface area (Å²) in [4.78, 5) is 26.2. The fourth-order valence-electron chi connectivity index (χ4n) is 2.93. The number of halogens is 2. The molecule has 158 valence electrons. The van der Waals surface area contributed by atoms with E-state index in [0.29, 0.717) is 12.0 Å².